The van der Waals surface area contributed by atoms with E-state index in [9.17, 15) is 4.79 Å². The van der Waals surface area contributed by atoms with Crippen molar-refractivity contribution < 1.29 is 4.74 Å². The maximum absolute atomic E-state index is 12.8. The van der Waals surface area contributed by atoms with Crippen molar-refractivity contribution in [2.75, 3.05) is 24.7 Å². The fraction of sp³-hybridized carbons (Fsp3) is 0.500. The molecule has 0 radical (unpaired) electrons. The quantitative estimate of drug-likeness (QED) is 0.829. The Morgan fingerprint density at radius 3 is 2.77 bits per heavy atom. The van der Waals surface area contributed by atoms with Crippen LogP contribution in [0, 0.1) is 6.92 Å². The van der Waals surface area contributed by atoms with E-state index in [1.54, 1.807) is 4.68 Å². The van der Waals surface area contributed by atoms with Crippen LogP contribution in [0.15, 0.2) is 17.2 Å². The summed E-state index contributed by atoms with van der Waals surface area (Å²) >= 11 is 6.13. The van der Waals surface area contributed by atoms with E-state index >= 15 is 0 Å². The van der Waals surface area contributed by atoms with Crippen molar-refractivity contribution >= 4 is 17.4 Å². The van der Waals surface area contributed by atoms with E-state index in [2.05, 4.69) is 10.1 Å². The third-order valence-corrected chi connectivity index (χ3v) is 3.89. The molecule has 1 atom stereocenters. The molecule has 2 aromatic rings. The zero-order chi connectivity index (χ0) is 15.9. The highest BCUT2D eigenvalue weighted by Crippen LogP contribution is 2.18. The van der Waals surface area contributed by atoms with Crippen LogP contribution < -0.4 is 10.5 Å². The van der Waals surface area contributed by atoms with Crippen LogP contribution in [0.4, 0.5) is 5.82 Å². The highest BCUT2D eigenvalue weighted by atomic mass is 35.5. The number of halogens is 1. The molecule has 0 aliphatic carbocycles. The van der Waals surface area contributed by atoms with Gasteiger partial charge in [-0.05, 0) is 13.8 Å². The summed E-state index contributed by atoms with van der Waals surface area (Å²) in [5, 5.41) is 4.60. The van der Waals surface area contributed by atoms with Gasteiger partial charge in [0.25, 0.3) is 5.56 Å². The predicted octanol–water partition coefficient (Wildman–Crippen LogP) is 1.15. The Labute approximate surface area is 133 Å². The molecule has 1 fully saturated rings. The first-order valence-electron chi connectivity index (χ1n) is 7.11. The standard InChI is InChI=1S/C14H18ClN5O2/c1-9-6-18(3)17-12(9)20-7-11(15)16-13(14(20)21)19-4-5-22-8-10(19)2/h6-7,10H,4-5,8H2,1-3H3/t10-/m1/s1. The van der Waals surface area contributed by atoms with Crippen molar-refractivity contribution in [3.8, 4) is 5.82 Å². The Bertz CT molecular complexity index is 754. The molecule has 3 rings (SSSR count). The van der Waals surface area contributed by atoms with Crippen LogP contribution >= 0.6 is 11.6 Å². The van der Waals surface area contributed by atoms with E-state index in [1.165, 1.54) is 10.8 Å². The maximum Gasteiger partial charge on any atom is 0.299 e. The largest absolute Gasteiger partial charge is 0.377 e. The summed E-state index contributed by atoms with van der Waals surface area (Å²) in [5.41, 5.74) is 0.674. The second-order valence-electron chi connectivity index (χ2n) is 5.49. The molecule has 8 heteroatoms. The number of morpholine rings is 1. The highest BCUT2D eigenvalue weighted by molar-refractivity contribution is 6.29. The number of rotatable bonds is 2. The SMILES string of the molecule is Cc1cn(C)nc1-n1cc(Cl)nc(N2CCOC[C@H]2C)c1=O. The molecule has 1 aliphatic heterocycles. The first kappa shape index (κ1) is 15.1. The Hall–Kier alpha value is -1.86. The van der Waals surface area contributed by atoms with Crippen LogP contribution in [0.3, 0.4) is 0 Å². The van der Waals surface area contributed by atoms with Gasteiger partial charge in [-0.3, -0.25) is 14.0 Å². The molecule has 0 amide bonds. The van der Waals surface area contributed by atoms with Gasteiger partial charge >= 0.3 is 0 Å². The molecular formula is C14H18ClN5O2. The van der Waals surface area contributed by atoms with Crippen molar-refractivity contribution in [3.05, 3.63) is 33.5 Å². The monoisotopic (exact) mass is 323 g/mol. The molecule has 0 N–H and O–H groups in total. The fourth-order valence-corrected chi connectivity index (χ4v) is 2.85. The third kappa shape index (κ3) is 2.62. The number of anilines is 1. The Morgan fingerprint density at radius 1 is 1.36 bits per heavy atom. The number of aryl methyl sites for hydroxylation is 2. The van der Waals surface area contributed by atoms with Gasteiger partial charge in [0.2, 0.25) is 0 Å². The molecule has 0 aromatic carbocycles. The van der Waals surface area contributed by atoms with Gasteiger partial charge in [-0.2, -0.15) is 5.10 Å². The summed E-state index contributed by atoms with van der Waals surface area (Å²) in [5.74, 6) is 0.910. The second kappa shape index (κ2) is 5.73. The molecule has 22 heavy (non-hydrogen) atoms. The smallest absolute Gasteiger partial charge is 0.299 e. The lowest BCUT2D eigenvalue weighted by Crippen LogP contribution is -2.47. The summed E-state index contributed by atoms with van der Waals surface area (Å²) in [6.45, 7) is 5.65. The van der Waals surface area contributed by atoms with Gasteiger partial charge in [-0.15, -0.1) is 0 Å². The minimum atomic E-state index is -0.222. The van der Waals surface area contributed by atoms with Crippen molar-refractivity contribution in [3.63, 3.8) is 0 Å². The molecule has 1 saturated heterocycles. The molecule has 2 aromatic heterocycles. The molecule has 1 aliphatic rings. The van der Waals surface area contributed by atoms with Gasteiger partial charge in [0.1, 0.15) is 5.15 Å². The van der Waals surface area contributed by atoms with Crippen LogP contribution in [-0.2, 0) is 11.8 Å². The van der Waals surface area contributed by atoms with Crippen LogP contribution in [0.5, 0.6) is 0 Å². The van der Waals surface area contributed by atoms with Crippen LogP contribution in [0.25, 0.3) is 5.82 Å². The predicted molar refractivity (Wildman–Crippen MR) is 84.0 cm³/mol. The van der Waals surface area contributed by atoms with Crippen LogP contribution in [0.1, 0.15) is 12.5 Å². The van der Waals surface area contributed by atoms with E-state index in [1.807, 2.05) is 32.0 Å². The van der Waals surface area contributed by atoms with E-state index in [4.69, 9.17) is 16.3 Å². The van der Waals surface area contributed by atoms with Gasteiger partial charge in [-0.25, -0.2) is 4.98 Å². The number of nitrogens with zero attached hydrogens (tertiary/aromatic N) is 5. The molecule has 0 spiro atoms. The van der Waals surface area contributed by atoms with E-state index in [-0.39, 0.29) is 16.8 Å². The van der Waals surface area contributed by atoms with Gasteiger partial charge in [0, 0.05) is 25.4 Å². The van der Waals surface area contributed by atoms with Gasteiger partial charge in [0.15, 0.2) is 11.6 Å². The molecule has 7 nitrogen and oxygen atoms in total. The number of hydrogen-bond donors (Lipinski definition) is 0. The number of hydrogen-bond acceptors (Lipinski definition) is 5. The van der Waals surface area contributed by atoms with Crippen molar-refractivity contribution in [2.45, 2.75) is 19.9 Å². The van der Waals surface area contributed by atoms with E-state index in [0.29, 0.717) is 31.4 Å². The molecule has 0 bridgehead atoms. The lowest BCUT2D eigenvalue weighted by atomic mass is 10.2. The third-order valence-electron chi connectivity index (χ3n) is 3.71. The first-order valence-corrected chi connectivity index (χ1v) is 7.49. The highest BCUT2D eigenvalue weighted by Gasteiger charge is 2.25. The fourth-order valence-electron chi connectivity index (χ4n) is 2.67. The van der Waals surface area contributed by atoms with Gasteiger partial charge in [0.05, 0.1) is 25.5 Å². The molecule has 0 unspecified atom stereocenters. The van der Waals surface area contributed by atoms with Crippen LogP contribution in [-0.4, -0.2) is 45.1 Å². The topological polar surface area (TPSA) is 65.2 Å². The molecule has 0 saturated carbocycles. The average Bonchev–Trinajstić information content (AvgIpc) is 2.80. The summed E-state index contributed by atoms with van der Waals surface area (Å²) in [4.78, 5) is 19.0. The summed E-state index contributed by atoms with van der Waals surface area (Å²) in [6.07, 6.45) is 3.36. The Morgan fingerprint density at radius 2 is 2.14 bits per heavy atom. The lowest BCUT2D eigenvalue weighted by molar-refractivity contribution is 0.0983. The van der Waals surface area contributed by atoms with Crippen molar-refractivity contribution in [1.82, 2.24) is 19.3 Å². The summed E-state index contributed by atoms with van der Waals surface area (Å²) < 4.78 is 8.54. The van der Waals surface area contributed by atoms with Gasteiger partial charge in [-0.1, -0.05) is 11.6 Å². The average molecular weight is 324 g/mol. The summed E-state index contributed by atoms with van der Waals surface area (Å²) in [7, 11) is 1.81. The summed E-state index contributed by atoms with van der Waals surface area (Å²) in [6, 6.07) is 0.0747. The second-order valence-corrected chi connectivity index (χ2v) is 5.88. The normalized spacial score (nSPS) is 18.7. The van der Waals surface area contributed by atoms with E-state index in [0.717, 1.165) is 5.56 Å². The lowest BCUT2D eigenvalue weighted by Gasteiger charge is -2.33. The molecule has 118 valence electrons. The van der Waals surface area contributed by atoms with Gasteiger partial charge < -0.3 is 9.64 Å². The van der Waals surface area contributed by atoms with Crippen molar-refractivity contribution in [2.24, 2.45) is 7.05 Å². The minimum Gasteiger partial charge on any atom is -0.377 e. The first-order chi connectivity index (χ1) is 10.5. The minimum absolute atomic E-state index is 0.0747. The number of aromatic nitrogens is 4. The molecular weight excluding hydrogens is 306 g/mol. The zero-order valence-electron chi connectivity index (χ0n) is 12.8. The maximum atomic E-state index is 12.8. The van der Waals surface area contributed by atoms with E-state index < -0.39 is 0 Å². The zero-order valence-corrected chi connectivity index (χ0v) is 13.5. The molecule has 3 heterocycles. The Kier molecular flexibility index (Phi) is 3.92. The Balaban J connectivity index is 2.13. The van der Waals surface area contributed by atoms with Crippen LogP contribution in [0.2, 0.25) is 5.15 Å². The number of ether oxygens (including phenoxy) is 1. The van der Waals surface area contributed by atoms with Crippen molar-refractivity contribution in [1.29, 1.82) is 0 Å².